The fraction of sp³-hybridized carbons (Fsp3) is 0.562. The number of carbonyl (C=O) groups excluding carboxylic acids is 1. The van der Waals surface area contributed by atoms with E-state index in [1.807, 2.05) is 6.92 Å². The summed E-state index contributed by atoms with van der Waals surface area (Å²) < 4.78 is 21.5. The first-order valence-electron chi connectivity index (χ1n) is 7.56. The zero-order valence-electron chi connectivity index (χ0n) is 13.3. The zero-order valence-corrected chi connectivity index (χ0v) is 13.3. The fourth-order valence-corrected chi connectivity index (χ4v) is 3.31. The highest BCUT2D eigenvalue weighted by Gasteiger charge is 2.59. The number of aliphatic hydroxyl groups excluding tert-OH is 1. The van der Waals surface area contributed by atoms with Gasteiger partial charge in [-0.3, -0.25) is 0 Å². The Balaban J connectivity index is 2.14. The quantitative estimate of drug-likeness (QED) is 0.814. The minimum absolute atomic E-state index is 0.0397. The lowest BCUT2D eigenvalue weighted by Gasteiger charge is -2.27. The number of carbonyl (C=O) groups is 1. The van der Waals surface area contributed by atoms with Crippen LogP contribution in [0.2, 0.25) is 0 Å². The molecule has 1 fully saturated rings. The second kappa shape index (κ2) is 5.58. The first-order chi connectivity index (χ1) is 11.0. The topological polar surface area (TPSA) is 94.5 Å². The summed E-state index contributed by atoms with van der Waals surface area (Å²) in [6, 6.07) is 1.51. The van der Waals surface area contributed by atoms with Gasteiger partial charge < -0.3 is 29.2 Å². The van der Waals surface area contributed by atoms with E-state index in [-0.39, 0.29) is 34.5 Å². The second-order valence-electron chi connectivity index (χ2n) is 5.72. The van der Waals surface area contributed by atoms with Crippen LogP contribution in [-0.2, 0) is 15.3 Å². The van der Waals surface area contributed by atoms with Crippen LogP contribution in [0.15, 0.2) is 6.07 Å². The van der Waals surface area contributed by atoms with E-state index in [0.717, 1.165) is 12.8 Å². The van der Waals surface area contributed by atoms with Gasteiger partial charge in [-0.15, -0.1) is 0 Å². The number of hydrogen-bond acceptors (Lipinski definition) is 7. The summed E-state index contributed by atoms with van der Waals surface area (Å²) in [6.07, 6.45) is 0.747. The molecule has 2 heterocycles. The molecule has 0 amide bonds. The van der Waals surface area contributed by atoms with Crippen LogP contribution in [0.5, 0.6) is 17.2 Å². The molecule has 2 aliphatic heterocycles. The van der Waals surface area contributed by atoms with Gasteiger partial charge in [-0.1, -0.05) is 13.3 Å². The van der Waals surface area contributed by atoms with Gasteiger partial charge in [0.05, 0.1) is 20.3 Å². The molecule has 3 unspecified atom stereocenters. The summed E-state index contributed by atoms with van der Waals surface area (Å²) in [5, 5.41) is 20.8. The van der Waals surface area contributed by atoms with Crippen molar-refractivity contribution in [2.75, 3.05) is 14.2 Å². The number of benzene rings is 1. The Kier molecular flexibility index (Phi) is 3.85. The lowest BCUT2D eigenvalue weighted by atomic mass is 9.95. The molecule has 1 aromatic rings. The van der Waals surface area contributed by atoms with Crippen molar-refractivity contribution in [1.82, 2.24) is 0 Å². The van der Waals surface area contributed by atoms with Gasteiger partial charge in [0, 0.05) is 12.0 Å². The number of phenolic OH excluding ortho intramolecular Hbond substituents is 1. The largest absolute Gasteiger partial charge is 0.504 e. The highest BCUT2D eigenvalue weighted by Crippen LogP contribution is 2.53. The predicted octanol–water partition coefficient (Wildman–Crippen LogP) is 1.68. The van der Waals surface area contributed by atoms with E-state index in [4.69, 9.17) is 18.9 Å². The summed E-state index contributed by atoms with van der Waals surface area (Å²) in [6.45, 7) is 2.01. The molecule has 126 valence electrons. The maximum atomic E-state index is 12.3. The number of esters is 1. The minimum Gasteiger partial charge on any atom is -0.504 e. The van der Waals surface area contributed by atoms with Gasteiger partial charge in [-0.2, -0.15) is 0 Å². The van der Waals surface area contributed by atoms with E-state index in [1.54, 1.807) is 0 Å². The molecule has 0 saturated carbocycles. The van der Waals surface area contributed by atoms with E-state index >= 15 is 0 Å². The van der Waals surface area contributed by atoms with Crippen molar-refractivity contribution < 1.29 is 34.0 Å². The lowest BCUT2D eigenvalue weighted by Crippen LogP contribution is -2.36. The van der Waals surface area contributed by atoms with Crippen LogP contribution in [0.25, 0.3) is 0 Å². The molecule has 0 bridgehead atoms. The van der Waals surface area contributed by atoms with Gasteiger partial charge in [0.2, 0.25) is 5.75 Å². The van der Waals surface area contributed by atoms with Crippen molar-refractivity contribution >= 4 is 5.97 Å². The first kappa shape index (κ1) is 15.9. The molecule has 1 aromatic carbocycles. The van der Waals surface area contributed by atoms with Crippen LogP contribution in [0.3, 0.4) is 0 Å². The summed E-state index contributed by atoms with van der Waals surface area (Å²) in [7, 11) is 2.78. The standard InChI is InChI=1S/C16H20O7/c1-4-5-8-6-11(17)16(22-8)9-7-10(20-2)14(21-3)13(18)12(9)15(19)23-16/h7-8,11,17-18H,4-6H2,1-3H3. The molecule has 2 N–H and O–H groups in total. The van der Waals surface area contributed by atoms with E-state index in [1.165, 1.54) is 20.3 Å². The van der Waals surface area contributed by atoms with Gasteiger partial charge >= 0.3 is 5.97 Å². The van der Waals surface area contributed by atoms with E-state index in [2.05, 4.69) is 0 Å². The van der Waals surface area contributed by atoms with Crippen LogP contribution in [0, 0.1) is 0 Å². The summed E-state index contributed by atoms with van der Waals surface area (Å²) >= 11 is 0. The number of hydrogen-bond donors (Lipinski definition) is 2. The summed E-state index contributed by atoms with van der Waals surface area (Å²) in [5.41, 5.74) is 0.211. The maximum Gasteiger partial charge on any atom is 0.345 e. The van der Waals surface area contributed by atoms with Crippen molar-refractivity contribution in [2.45, 2.75) is 44.2 Å². The second-order valence-corrected chi connectivity index (χ2v) is 5.72. The van der Waals surface area contributed by atoms with E-state index in [9.17, 15) is 15.0 Å². The lowest BCUT2D eigenvalue weighted by molar-refractivity contribution is -0.228. The minimum atomic E-state index is -1.59. The molecular formula is C16H20O7. The average Bonchev–Trinajstić information content (AvgIpc) is 2.97. The number of rotatable bonds is 4. The smallest absolute Gasteiger partial charge is 0.345 e. The third kappa shape index (κ3) is 2.14. The molecule has 7 nitrogen and oxygen atoms in total. The molecular weight excluding hydrogens is 304 g/mol. The maximum absolute atomic E-state index is 12.3. The third-order valence-electron chi connectivity index (χ3n) is 4.35. The predicted molar refractivity (Wildman–Crippen MR) is 78.7 cm³/mol. The number of aliphatic hydroxyl groups is 1. The Hall–Kier alpha value is -1.99. The van der Waals surface area contributed by atoms with E-state index < -0.39 is 17.9 Å². The Morgan fingerprint density at radius 3 is 2.74 bits per heavy atom. The van der Waals surface area contributed by atoms with Crippen molar-refractivity contribution in [3.63, 3.8) is 0 Å². The van der Waals surface area contributed by atoms with Crippen LogP contribution in [-0.4, -0.2) is 42.6 Å². The molecule has 3 rings (SSSR count). The number of aromatic hydroxyl groups is 1. The molecule has 2 aliphatic rings. The molecule has 1 saturated heterocycles. The number of ether oxygens (including phenoxy) is 4. The monoisotopic (exact) mass is 324 g/mol. The molecule has 3 atom stereocenters. The fourth-order valence-electron chi connectivity index (χ4n) is 3.31. The Morgan fingerprint density at radius 1 is 1.39 bits per heavy atom. The molecule has 23 heavy (non-hydrogen) atoms. The highest BCUT2D eigenvalue weighted by atomic mass is 16.7. The number of phenols is 1. The molecule has 0 radical (unpaired) electrons. The Bertz CT molecular complexity index is 642. The van der Waals surface area contributed by atoms with Gasteiger partial charge in [-0.05, 0) is 12.5 Å². The molecule has 0 aromatic heterocycles. The normalized spacial score (nSPS) is 28.8. The van der Waals surface area contributed by atoms with Gasteiger partial charge in [0.15, 0.2) is 11.5 Å². The van der Waals surface area contributed by atoms with Crippen LogP contribution >= 0.6 is 0 Å². The summed E-state index contributed by atoms with van der Waals surface area (Å²) in [5.74, 6) is -2.45. The number of fused-ring (bicyclic) bond motifs is 2. The van der Waals surface area contributed by atoms with Crippen molar-refractivity contribution in [2.24, 2.45) is 0 Å². The van der Waals surface area contributed by atoms with Crippen molar-refractivity contribution in [3.05, 3.63) is 17.2 Å². The van der Waals surface area contributed by atoms with Gasteiger partial charge in [0.25, 0.3) is 5.79 Å². The Labute approximate surface area is 133 Å². The molecule has 1 spiro atoms. The first-order valence-corrected chi connectivity index (χ1v) is 7.56. The van der Waals surface area contributed by atoms with Crippen molar-refractivity contribution in [1.29, 1.82) is 0 Å². The molecule has 7 heteroatoms. The average molecular weight is 324 g/mol. The summed E-state index contributed by atoms with van der Waals surface area (Å²) in [4.78, 5) is 12.3. The van der Waals surface area contributed by atoms with Crippen LogP contribution in [0.4, 0.5) is 0 Å². The van der Waals surface area contributed by atoms with E-state index in [0.29, 0.717) is 6.42 Å². The highest BCUT2D eigenvalue weighted by molar-refractivity contribution is 5.99. The Morgan fingerprint density at radius 2 is 2.13 bits per heavy atom. The van der Waals surface area contributed by atoms with Gasteiger partial charge in [-0.25, -0.2) is 4.79 Å². The van der Waals surface area contributed by atoms with Crippen LogP contribution in [0.1, 0.15) is 42.1 Å². The zero-order chi connectivity index (χ0) is 16.8. The molecule has 0 aliphatic carbocycles. The van der Waals surface area contributed by atoms with Crippen LogP contribution < -0.4 is 9.47 Å². The van der Waals surface area contributed by atoms with Gasteiger partial charge in [0.1, 0.15) is 11.7 Å². The number of methoxy groups -OCH3 is 2. The third-order valence-corrected chi connectivity index (χ3v) is 4.35. The van der Waals surface area contributed by atoms with Crippen molar-refractivity contribution in [3.8, 4) is 17.2 Å². The SMILES string of the molecule is CCCC1CC(O)C2(OC(=O)c3c2cc(OC)c(OC)c3O)O1.